The van der Waals surface area contributed by atoms with Gasteiger partial charge in [0.15, 0.2) is 0 Å². The van der Waals surface area contributed by atoms with Crippen molar-refractivity contribution in [1.82, 2.24) is 4.90 Å². The fourth-order valence-corrected chi connectivity index (χ4v) is 3.81. The second-order valence-corrected chi connectivity index (χ2v) is 6.21. The Labute approximate surface area is 118 Å². The number of halogens is 1. The van der Waals surface area contributed by atoms with E-state index in [4.69, 9.17) is 11.6 Å². The molecule has 18 heavy (non-hydrogen) atoms. The molecule has 0 atom stereocenters. The summed E-state index contributed by atoms with van der Waals surface area (Å²) in [6.45, 7) is 1.13. The monoisotopic (exact) mass is 269 g/mol. The fourth-order valence-electron chi connectivity index (χ4n) is 3.68. The first kappa shape index (κ1) is 14.4. The van der Waals surface area contributed by atoms with Crippen LogP contribution >= 0.6 is 11.6 Å². The van der Waals surface area contributed by atoms with Gasteiger partial charge in [-0.3, -0.25) is 4.90 Å². The first-order chi connectivity index (χ1) is 8.92. The summed E-state index contributed by atoms with van der Waals surface area (Å²) in [5, 5.41) is 0. The number of allylic oxidation sites excluding steroid dienone is 1. The highest BCUT2D eigenvalue weighted by Gasteiger charge is 2.27. The van der Waals surface area contributed by atoms with Crippen LogP contribution in [0.4, 0.5) is 0 Å². The number of alkyl halides is 1. The highest BCUT2D eigenvalue weighted by atomic mass is 35.5. The van der Waals surface area contributed by atoms with E-state index in [1.807, 2.05) is 0 Å². The van der Waals surface area contributed by atoms with E-state index in [9.17, 15) is 0 Å². The van der Waals surface area contributed by atoms with Crippen LogP contribution in [0.3, 0.4) is 0 Å². The smallest absolute Gasteiger partial charge is 0.0404 e. The van der Waals surface area contributed by atoms with Crippen molar-refractivity contribution in [2.24, 2.45) is 0 Å². The van der Waals surface area contributed by atoms with Crippen molar-refractivity contribution in [3.63, 3.8) is 0 Å². The number of rotatable bonds is 5. The lowest BCUT2D eigenvalue weighted by Gasteiger charge is -2.41. The van der Waals surface area contributed by atoms with Crippen molar-refractivity contribution in [3.8, 4) is 0 Å². The van der Waals surface area contributed by atoms with E-state index in [1.165, 1.54) is 64.2 Å². The maximum Gasteiger partial charge on any atom is 0.0404 e. The van der Waals surface area contributed by atoms with Gasteiger partial charge in [-0.25, -0.2) is 0 Å². The molecule has 0 aromatic carbocycles. The van der Waals surface area contributed by atoms with E-state index in [2.05, 4.69) is 17.1 Å². The lowest BCUT2D eigenvalue weighted by Crippen LogP contribution is -2.45. The molecule has 2 aliphatic rings. The summed E-state index contributed by atoms with van der Waals surface area (Å²) in [5.74, 6) is 0.656. The molecule has 2 heteroatoms. The minimum atomic E-state index is 0.656. The summed E-state index contributed by atoms with van der Waals surface area (Å²) in [5.41, 5.74) is 0. The van der Waals surface area contributed by atoms with Crippen LogP contribution in [0.2, 0.25) is 0 Å². The predicted octanol–water partition coefficient (Wildman–Crippen LogP) is 4.75. The zero-order chi connectivity index (χ0) is 12.6. The number of hydrogen-bond donors (Lipinski definition) is 0. The Bertz CT molecular complexity index is 221. The van der Waals surface area contributed by atoms with Gasteiger partial charge in [-0.05, 0) is 25.7 Å². The van der Waals surface area contributed by atoms with Gasteiger partial charge in [-0.2, -0.15) is 0 Å². The molecular formula is C16H28ClN. The van der Waals surface area contributed by atoms with E-state index in [0.717, 1.165) is 18.6 Å². The van der Waals surface area contributed by atoms with Gasteiger partial charge in [0.1, 0.15) is 0 Å². The first-order valence-electron chi connectivity index (χ1n) is 7.88. The van der Waals surface area contributed by atoms with Gasteiger partial charge in [0.2, 0.25) is 0 Å². The van der Waals surface area contributed by atoms with Crippen LogP contribution in [0.25, 0.3) is 0 Å². The van der Waals surface area contributed by atoms with Crippen LogP contribution in [-0.4, -0.2) is 29.4 Å². The zero-order valence-electron chi connectivity index (χ0n) is 11.6. The van der Waals surface area contributed by atoms with Crippen molar-refractivity contribution < 1.29 is 0 Å². The molecular weight excluding hydrogens is 242 g/mol. The van der Waals surface area contributed by atoms with E-state index in [-0.39, 0.29) is 0 Å². The summed E-state index contributed by atoms with van der Waals surface area (Å²) in [4.78, 5) is 2.81. The van der Waals surface area contributed by atoms with E-state index < -0.39 is 0 Å². The molecule has 0 heterocycles. The minimum absolute atomic E-state index is 0.656. The second-order valence-electron chi connectivity index (χ2n) is 5.91. The maximum atomic E-state index is 5.75. The van der Waals surface area contributed by atoms with Crippen LogP contribution in [0, 0.1) is 0 Å². The molecule has 2 saturated carbocycles. The summed E-state index contributed by atoms with van der Waals surface area (Å²) in [7, 11) is 0. The molecule has 2 fully saturated rings. The Hall–Kier alpha value is -0.0100. The highest BCUT2D eigenvalue weighted by molar-refractivity contribution is 6.18. The molecule has 0 spiro atoms. The van der Waals surface area contributed by atoms with Crippen LogP contribution in [0.15, 0.2) is 12.2 Å². The summed E-state index contributed by atoms with van der Waals surface area (Å²) < 4.78 is 0. The third kappa shape index (κ3) is 4.28. The van der Waals surface area contributed by atoms with E-state index in [0.29, 0.717) is 5.88 Å². The Balaban J connectivity index is 1.93. The van der Waals surface area contributed by atoms with Crippen molar-refractivity contribution in [2.75, 3.05) is 12.4 Å². The van der Waals surface area contributed by atoms with Crippen LogP contribution in [0.1, 0.15) is 64.2 Å². The normalized spacial score (nSPS) is 24.1. The molecule has 2 rings (SSSR count). The molecule has 1 nitrogen and oxygen atoms in total. The summed E-state index contributed by atoms with van der Waals surface area (Å²) in [6.07, 6.45) is 18.7. The lowest BCUT2D eigenvalue weighted by molar-refractivity contribution is 0.0939. The molecule has 104 valence electrons. The summed E-state index contributed by atoms with van der Waals surface area (Å²) in [6, 6.07) is 1.70. The zero-order valence-corrected chi connectivity index (χ0v) is 12.4. The van der Waals surface area contributed by atoms with E-state index in [1.54, 1.807) is 0 Å². The van der Waals surface area contributed by atoms with Crippen molar-refractivity contribution in [1.29, 1.82) is 0 Å². The quantitative estimate of drug-likeness (QED) is 0.514. The first-order valence-corrected chi connectivity index (χ1v) is 8.42. The fraction of sp³-hybridized carbons (Fsp3) is 0.875. The Morgan fingerprint density at radius 3 is 1.72 bits per heavy atom. The SMILES string of the molecule is ClCC=CCN(C1CCCCC1)C1CCCCC1. The van der Waals surface area contributed by atoms with Gasteiger partial charge in [-0.1, -0.05) is 50.7 Å². The number of nitrogens with zero attached hydrogens (tertiary/aromatic N) is 1. The van der Waals surface area contributed by atoms with Crippen molar-refractivity contribution >= 4 is 11.6 Å². The predicted molar refractivity (Wildman–Crippen MR) is 80.3 cm³/mol. The molecule has 2 aliphatic carbocycles. The third-order valence-electron chi connectivity index (χ3n) is 4.66. The van der Waals surface area contributed by atoms with Gasteiger partial charge in [0.25, 0.3) is 0 Å². The van der Waals surface area contributed by atoms with Crippen molar-refractivity contribution in [3.05, 3.63) is 12.2 Å². The minimum Gasteiger partial charge on any atom is -0.294 e. The molecule has 0 saturated heterocycles. The largest absolute Gasteiger partial charge is 0.294 e. The maximum absolute atomic E-state index is 5.75. The number of hydrogen-bond acceptors (Lipinski definition) is 1. The summed E-state index contributed by atoms with van der Waals surface area (Å²) >= 11 is 5.75. The second kappa shape index (κ2) is 8.22. The average Bonchev–Trinajstić information content (AvgIpc) is 2.46. The highest BCUT2D eigenvalue weighted by Crippen LogP contribution is 2.29. The molecule has 0 aliphatic heterocycles. The Morgan fingerprint density at radius 2 is 1.28 bits per heavy atom. The molecule has 0 aromatic rings. The Kier molecular flexibility index (Phi) is 6.58. The van der Waals surface area contributed by atoms with Crippen LogP contribution in [0.5, 0.6) is 0 Å². The van der Waals surface area contributed by atoms with Crippen LogP contribution in [-0.2, 0) is 0 Å². The Morgan fingerprint density at radius 1 is 0.778 bits per heavy atom. The lowest BCUT2D eigenvalue weighted by atomic mass is 9.88. The van der Waals surface area contributed by atoms with E-state index >= 15 is 0 Å². The van der Waals surface area contributed by atoms with Crippen molar-refractivity contribution in [2.45, 2.75) is 76.3 Å². The molecule has 0 bridgehead atoms. The average molecular weight is 270 g/mol. The van der Waals surface area contributed by atoms with Gasteiger partial charge in [0, 0.05) is 24.5 Å². The third-order valence-corrected chi connectivity index (χ3v) is 4.84. The van der Waals surface area contributed by atoms with Gasteiger partial charge >= 0.3 is 0 Å². The van der Waals surface area contributed by atoms with Gasteiger partial charge in [-0.15, -0.1) is 11.6 Å². The molecule has 0 unspecified atom stereocenters. The molecule has 0 N–H and O–H groups in total. The van der Waals surface area contributed by atoms with Crippen LogP contribution < -0.4 is 0 Å². The molecule has 0 radical (unpaired) electrons. The van der Waals surface area contributed by atoms with Gasteiger partial charge in [0.05, 0.1) is 0 Å². The van der Waals surface area contributed by atoms with Gasteiger partial charge < -0.3 is 0 Å². The molecule has 0 aromatic heterocycles. The molecule has 0 amide bonds. The topological polar surface area (TPSA) is 3.24 Å². The standard InChI is InChI=1S/C16H28ClN/c17-13-7-8-14-18(15-9-3-1-4-10-15)16-11-5-2-6-12-16/h7-8,15-16H,1-6,9-14H2.